The Kier molecular flexibility index (Phi) is 5.42. The van der Waals surface area contributed by atoms with Gasteiger partial charge in [-0.2, -0.15) is 4.57 Å². The number of aryl methyl sites for hydroxylation is 2. The van der Waals surface area contributed by atoms with E-state index in [1.165, 1.54) is 22.0 Å². The summed E-state index contributed by atoms with van der Waals surface area (Å²) >= 11 is 0. The van der Waals surface area contributed by atoms with Crippen LogP contribution in [0.25, 0.3) is 33.2 Å². The van der Waals surface area contributed by atoms with Crippen molar-refractivity contribution < 1.29 is 8.96 Å². The summed E-state index contributed by atoms with van der Waals surface area (Å²) in [5.41, 5.74) is 7.24. The molecule has 0 aliphatic rings. The molecule has 4 rings (SSSR count). The van der Waals surface area contributed by atoms with Crippen molar-refractivity contribution in [1.82, 2.24) is 0 Å². The Bertz CT molecular complexity index is 1220. The van der Waals surface area contributed by atoms with Crippen LogP contribution in [0, 0.1) is 25.6 Å². The Balaban J connectivity index is 1.98. The summed E-state index contributed by atoms with van der Waals surface area (Å²) in [5.74, 6) is 0.442. The lowest BCUT2D eigenvalue weighted by atomic mass is 9.93. The van der Waals surface area contributed by atoms with Crippen LogP contribution in [0.2, 0.25) is 0 Å². The third-order valence-corrected chi connectivity index (χ3v) is 5.90. The molecule has 0 amide bonds. The summed E-state index contributed by atoms with van der Waals surface area (Å²) in [6, 6.07) is 22.5. The molecule has 0 spiro atoms. The van der Waals surface area contributed by atoms with Crippen molar-refractivity contribution in [3.05, 3.63) is 89.4 Å². The Morgan fingerprint density at radius 3 is 2.30 bits per heavy atom. The molecule has 0 unspecified atom stereocenters. The lowest BCUT2D eigenvalue weighted by molar-refractivity contribution is -0.665. The number of fused-ring (bicyclic) bond motifs is 1. The standard InChI is InChI=1S/C28H29FN/c1-18(2)13-21-11-12-24-23(16-21)15-20(4)30(5)28(24)25-17-26(27(29)14-19(25)3)22-9-7-6-8-10-22/h6-12,14-18H,13H2,1-5H3/q+1. The van der Waals surface area contributed by atoms with E-state index in [-0.39, 0.29) is 5.82 Å². The van der Waals surface area contributed by atoms with Gasteiger partial charge in [-0.25, -0.2) is 4.39 Å². The van der Waals surface area contributed by atoms with E-state index in [0.29, 0.717) is 11.5 Å². The second-order valence-electron chi connectivity index (χ2n) is 8.73. The van der Waals surface area contributed by atoms with E-state index < -0.39 is 0 Å². The summed E-state index contributed by atoms with van der Waals surface area (Å²) in [4.78, 5) is 0. The van der Waals surface area contributed by atoms with Crippen molar-refractivity contribution in [2.75, 3.05) is 0 Å². The van der Waals surface area contributed by atoms with E-state index >= 15 is 0 Å². The number of hydrogen-bond donors (Lipinski definition) is 0. The zero-order chi connectivity index (χ0) is 21.4. The molecule has 2 heteroatoms. The molecule has 0 bridgehead atoms. The summed E-state index contributed by atoms with van der Waals surface area (Å²) in [5, 5.41) is 2.44. The van der Waals surface area contributed by atoms with Crippen LogP contribution in [0.5, 0.6) is 0 Å². The molecular formula is C28H29FN+. The van der Waals surface area contributed by atoms with E-state index in [1.54, 1.807) is 6.07 Å². The molecule has 1 aromatic heterocycles. The van der Waals surface area contributed by atoms with Gasteiger partial charge in [0.05, 0.1) is 10.9 Å². The highest BCUT2D eigenvalue weighted by Crippen LogP contribution is 2.34. The molecule has 4 aromatic rings. The topological polar surface area (TPSA) is 3.88 Å². The molecule has 0 atom stereocenters. The quantitative estimate of drug-likeness (QED) is 0.327. The minimum absolute atomic E-state index is 0.179. The van der Waals surface area contributed by atoms with Crippen LogP contribution in [0.15, 0.2) is 66.7 Å². The number of hydrogen-bond acceptors (Lipinski definition) is 0. The van der Waals surface area contributed by atoms with Gasteiger partial charge in [0, 0.05) is 18.6 Å². The van der Waals surface area contributed by atoms with Crippen LogP contribution in [0.4, 0.5) is 4.39 Å². The van der Waals surface area contributed by atoms with Gasteiger partial charge in [-0.05, 0) is 59.5 Å². The number of halogens is 1. The summed E-state index contributed by atoms with van der Waals surface area (Å²) in [7, 11) is 2.09. The molecule has 0 aliphatic carbocycles. The highest BCUT2D eigenvalue weighted by molar-refractivity contribution is 5.95. The Morgan fingerprint density at radius 1 is 0.867 bits per heavy atom. The van der Waals surface area contributed by atoms with Crippen molar-refractivity contribution in [1.29, 1.82) is 0 Å². The van der Waals surface area contributed by atoms with Gasteiger partial charge in [-0.1, -0.05) is 56.3 Å². The second kappa shape index (κ2) is 8.02. The van der Waals surface area contributed by atoms with E-state index in [9.17, 15) is 4.39 Å². The summed E-state index contributed by atoms with van der Waals surface area (Å²) < 4.78 is 17.1. The van der Waals surface area contributed by atoms with Crippen LogP contribution in [0.3, 0.4) is 0 Å². The minimum Gasteiger partial charge on any atom is -0.206 e. The van der Waals surface area contributed by atoms with Gasteiger partial charge >= 0.3 is 0 Å². The van der Waals surface area contributed by atoms with Gasteiger partial charge < -0.3 is 0 Å². The molecule has 152 valence electrons. The van der Waals surface area contributed by atoms with Gasteiger partial charge in [0.15, 0.2) is 5.69 Å². The van der Waals surface area contributed by atoms with Gasteiger partial charge in [-0.15, -0.1) is 0 Å². The van der Waals surface area contributed by atoms with E-state index in [2.05, 4.69) is 56.7 Å². The third-order valence-electron chi connectivity index (χ3n) is 5.90. The fraction of sp³-hybridized carbons (Fsp3) is 0.250. The van der Waals surface area contributed by atoms with Crippen LogP contribution < -0.4 is 4.57 Å². The van der Waals surface area contributed by atoms with Crippen molar-refractivity contribution in [3.8, 4) is 22.4 Å². The average Bonchev–Trinajstić information content (AvgIpc) is 2.70. The second-order valence-corrected chi connectivity index (χ2v) is 8.73. The number of pyridine rings is 1. The Labute approximate surface area is 178 Å². The first-order chi connectivity index (χ1) is 14.3. The Hall–Kier alpha value is -3.00. The molecule has 0 aliphatic heterocycles. The number of rotatable bonds is 4. The maximum absolute atomic E-state index is 14.9. The van der Waals surface area contributed by atoms with Gasteiger partial charge in [-0.3, -0.25) is 0 Å². The third kappa shape index (κ3) is 3.75. The van der Waals surface area contributed by atoms with Gasteiger partial charge in [0.25, 0.3) is 0 Å². The van der Waals surface area contributed by atoms with E-state index in [1.807, 2.05) is 43.3 Å². The first-order valence-corrected chi connectivity index (χ1v) is 10.6. The fourth-order valence-electron chi connectivity index (χ4n) is 4.32. The van der Waals surface area contributed by atoms with Gasteiger partial charge in [0.2, 0.25) is 5.69 Å². The predicted molar refractivity (Wildman–Crippen MR) is 124 cm³/mol. The fourth-order valence-corrected chi connectivity index (χ4v) is 4.32. The first-order valence-electron chi connectivity index (χ1n) is 10.6. The van der Waals surface area contributed by atoms with Crippen LogP contribution in [0.1, 0.15) is 30.7 Å². The molecule has 30 heavy (non-hydrogen) atoms. The monoisotopic (exact) mass is 398 g/mol. The molecule has 0 radical (unpaired) electrons. The average molecular weight is 399 g/mol. The first kappa shape index (κ1) is 20.3. The van der Waals surface area contributed by atoms with Crippen molar-refractivity contribution in [2.45, 2.75) is 34.1 Å². The minimum atomic E-state index is -0.179. The van der Waals surface area contributed by atoms with E-state index in [0.717, 1.165) is 28.8 Å². The zero-order valence-corrected chi connectivity index (χ0v) is 18.5. The van der Waals surface area contributed by atoms with Crippen LogP contribution in [-0.4, -0.2) is 0 Å². The normalized spacial score (nSPS) is 11.4. The predicted octanol–water partition coefficient (Wildman–Crippen LogP) is 6.95. The molecule has 1 nitrogen and oxygen atoms in total. The maximum Gasteiger partial charge on any atom is 0.220 e. The molecule has 1 heterocycles. The highest BCUT2D eigenvalue weighted by Gasteiger charge is 2.22. The van der Waals surface area contributed by atoms with E-state index in [4.69, 9.17) is 0 Å². The zero-order valence-electron chi connectivity index (χ0n) is 18.5. The highest BCUT2D eigenvalue weighted by atomic mass is 19.1. The van der Waals surface area contributed by atoms with Gasteiger partial charge in [0.1, 0.15) is 12.9 Å². The lowest BCUT2D eigenvalue weighted by Gasteiger charge is -2.14. The smallest absolute Gasteiger partial charge is 0.206 e. The molecule has 0 saturated carbocycles. The van der Waals surface area contributed by atoms with Crippen LogP contribution >= 0.6 is 0 Å². The van der Waals surface area contributed by atoms with Crippen molar-refractivity contribution >= 4 is 10.8 Å². The van der Waals surface area contributed by atoms with Crippen molar-refractivity contribution in [2.24, 2.45) is 13.0 Å². The largest absolute Gasteiger partial charge is 0.220 e. The molecular weight excluding hydrogens is 369 g/mol. The maximum atomic E-state index is 14.9. The lowest BCUT2D eigenvalue weighted by Crippen LogP contribution is -2.35. The van der Waals surface area contributed by atoms with Crippen molar-refractivity contribution in [3.63, 3.8) is 0 Å². The number of aromatic nitrogens is 1. The molecule has 0 saturated heterocycles. The Morgan fingerprint density at radius 2 is 1.60 bits per heavy atom. The molecule has 3 aromatic carbocycles. The van der Waals surface area contributed by atoms with Crippen LogP contribution in [-0.2, 0) is 13.5 Å². The summed E-state index contributed by atoms with van der Waals surface area (Å²) in [6.45, 7) is 8.63. The molecule has 0 N–H and O–H groups in total. The summed E-state index contributed by atoms with van der Waals surface area (Å²) in [6.07, 6.45) is 1.07. The number of benzene rings is 3. The number of nitrogens with zero attached hydrogens (tertiary/aromatic N) is 1. The SMILES string of the molecule is Cc1cc(F)c(-c2ccccc2)cc1-c1c2ccc(CC(C)C)cc2cc(C)[n+]1C. The molecule has 0 fully saturated rings.